The Labute approximate surface area is 134 Å². The molecule has 5 nitrogen and oxygen atoms in total. The van der Waals surface area contributed by atoms with Crippen molar-refractivity contribution in [2.75, 3.05) is 34.4 Å². The van der Waals surface area contributed by atoms with Crippen LogP contribution in [0.3, 0.4) is 0 Å². The molecule has 0 radical (unpaired) electrons. The van der Waals surface area contributed by atoms with Gasteiger partial charge in [0.25, 0.3) is 0 Å². The van der Waals surface area contributed by atoms with Crippen molar-refractivity contribution in [1.82, 2.24) is 10.2 Å². The minimum atomic E-state index is 0.539. The zero-order chi connectivity index (χ0) is 16.5. The highest BCUT2D eigenvalue weighted by Gasteiger charge is 2.11. The van der Waals surface area contributed by atoms with Gasteiger partial charge in [-0.05, 0) is 25.0 Å². The number of nitrogens with one attached hydrogen (secondary N) is 1. The molecule has 0 aliphatic carbocycles. The molecule has 0 spiro atoms. The quantitative estimate of drug-likeness (QED) is 0.621. The molecule has 1 rings (SSSR count). The van der Waals surface area contributed by atoms with Gasteiger partial charge < -0.3 is 19.7 Å². The fourth-order valence-corrected chi connectivity index (χ4v) is 2.05. The molecule has 0 fully saturated rings. The second-order valence-corrected chi connectivity index (χ2v) is 5.62. The molecule has 0 aliphatic heterocycles. The lowest BCUT2D eigenvalue weighted by Gasteiger charge is -2.23. The summed E-state index contributed by atoms with van der Waals surface area (Å²) in [5, 5.41) is 3.33. The Bertz CT molecular complexity index is 487. The average molecular weight is 307 g/mol. The van der Waals surface area contributed by atoms with Gasteiger partial charge in [-0.3, -0.25) is 4.99 Å². The molecular formula is C17H29N3O2. The normalized spacial score (nSPS) is 11.5. The lowest BCUT2D eigenvalue weighted by atomic mass is 10.2. The van der Waals surface area contributed by atoms with Crippen LogP contribution in [-0.4, -0.2) is 45.2 Å². The van der Waals surface area contributed by atoms with E-state index in [-0.39, 0.29) is 0 Å². The molecular weight excluding hydrogens is 278 g/mol. The Balaban J connectivity index is 2.88. The Kier molecular flexibility index (Phi) is 7.57. The summed E-state index contributed by atoms with van der Waals surface area (Å²) in [7, 11) is 5.37. The van der Waals surface area contributed by atoms with Crippen molar-refractivity contribution in [3.8, 4) is 11.5 Å². The van der Waals surface area contributed by atoms with E-state index in [4.69, 9.17) is 9.47 Å². The van der Waals surface area contributed by atoms with Crippen LogP contribution in [0.15, 0.2) is 23.2 Å². The maximum Gasteiger partial charge on any atom is 0.193 e. The van der Waals surface area contributed by atoms with E-state index >= 15 is 0 Å². The Hall–Kier alpha value is -1.91. The van der Waals surface area contributed by atoms with Crippen molar-refractivity contribution in [3.63, 3.8) is 0 Å². The molecule has 0 unspecified atom stereocenters. The number of aliphatic imine (C=N–C) groups is 1. The fraction of sp³-hybridized carbons (Fsp3) is 0.588. The van der Waals surface area contributed by atoms with E-state index in [1.54, 1.807) is 14.2 Å². The topological polar surface area (TPSA) is 46.1 Å². The number of ether oxygens (including phenoxy) is 2. The first-order chi connectivity index (χ1) is 10.5. The van der Waals surface area contributed by atoms with Crippen LogP contribution in [0.1, 0.15) is 26.3 Å². The highest BCUT2D eigenvalue weighted by atomic mass is 16.5. The largest absolute Gasteiger partial charge is 0.497 e. The molecule has 0 amide bonds. The summed E-state index contributed by atoms with van der Waals surface area (Å²) < 4.78 is 10.7. The summed E-state index contributed by atoms with van der Waals surface area (Å²) in [5.74, 6) is 3.07. The molecule has 22 heavy (non-hydrogen) atoms. The number of benzene rings is 1. The number of nitrogens with zero attached hydrogens (tertiary/aromatic N) is 2. The van der Waals surface area contributed by atoms with Crippen LogP contribution in [0, 0.1) is 5.92 Å². The molecule has 1 N–H and O–H groups in total. The molecule has 0 aliphatic rings. The maximum atomic E-state index is 5.46. The second-order valence-electron chi connectivity index (χ2n) is 5.62. The molecule has 1 aromatic carbocycles. The number of guanidine groups is 1. The molecule has 0 saturated heterocycles. The highest BCUT2D eigenvalue weighted by molar-refractivity contribution is 5.79. The summed E-state index contributed by atoms with van der Waals surface area (Å²) in [4.78, 5) is 6.77. The highest BCUT2D eigenvalue weighted by Crippen LogP contribution is 2.25. The van der Waals surface area contributed by atoms with Crippen LogP contribution in [0.4, 0.5) is 0 Å². The van der Waals surface area contributed by atoms with Crippen LogP contribution >= 0.6 is 0 Å². The monoisotopic (exact) mass is 307 g/mol. The van der Waals surface area contributed by atoms with Crippen LogP contribution in [0.5, 0.6) is 11.5 Å². The van der Waals surface area contributed by atoms with E-state index in [0.29, 0.717) is 5.92 Å². The first-order valence-electron chi connectivity index (χ1n) is 7.72. The zero-order valence-electron chi connectivity index (χ0n) is 14.6. The first-order valence-corrected chi connectivity index (χ1v) is 7.72. The minimum Gasteiger partial charge on any atom is -0.497 e. The van der Waals surface area contributed by atoms with Gasteiger partial charge in [-0.15, -0.1) is 0 Å². The Morgan fingerprint density at radius 1 is 1.27 bits per heavy atom. The van der Waals surface area contributed by atoms with E-state index < -0.39 is 0 Å². The van der Waals surface area contributed by atoms with Gasteiger partial charge >= 0.3 is 0 Å². The fourth-order valence-electron chi connectivity index (χ4n) is 2.05. The van der Waals surface area contributed by atoms with Crippen LogP contribution in [-0.2, 0) is 6.54 Å². The third-order valence-electron chi connectivity index (χ3n) is 3.20. The van der Waals surface area contributed by atoms with Crippen LogP contribution < -0.4 is 14.8 Å². The van der Waals surface area contributed by atoms with Gasteiger partial charge in [-0.25, -0.2) is 0 Å². The lowest BCUT2D eigenvalue weighted by molar-refractivity contribution is 0.382. The number of hydrogen-bond donors (Lipinski definition) is 1. The van der Waals surface area contributed by atoms with Gasteiger partial charge in [0.1, 0.15) is 11.5 Å². The van der Waals surface area contributed by atoms with E-state index in [2.05, 4.69) is 36.0 Å². The molecule has 0 atom stereocenters. The van der Waals surface area contributed by atoms with Gasteiger partial charge in [-0.2, -0.15) is 0 Å². The summed E-state index contributed by atoms with van der Waals surface area (Å²) in [6, 6.07) is 5.88. The van der Waals surface area contributed by atoms with Crippen molar-refractivity contribution < 1.29 is 9.47 Å². The lowest BCUT2D eigenvalue weighted by Crippen LogP contribution is -2.38. The van der Waals surface area contributed by atoms with Crippen molar-refractivity contribution in [2.24, 2.45) is 10.9 Å². The number of rotatable bonds is 7. The van der Waals surface area contributed by atoms with Gasteiger partial charge in [0, 0.05) is 38.3 Å². The summed E-state index contributed by atoms with van der Waals surface area (Å²) in [6.45, 7) is 8.79. The summed E-state index contributed by atoms with van der Waals surface area (Å²) in [5.41, 5.74) is 1.10. The molecule has 5 heteroatoms. The molecule has 0 bridgehead atoms. The molecule has 1 aromatic rings. The van der Waals surface area contributed by atoms with Crippen molar-refractivity contribution in [3.05, 3.63) is 23.8 Å². The van der Waals surface area contributed by atoms with Crippen molar-refractivity contribution in [2.45, 2.75) is 27.3 Å². The standard InChI is InChI=1S/C17H29N3O2/c1-7-18-17(19-11-13(2)3)20(4)12-14-8-9-15(21-5)10-16(14)22-6/h8-10,13H,7,11-12H2,1-6H3,(H,18,19). The van der Waals surface area contributed by atoms with Crippen molar-refractivity contribution >= 4 is 5.96 Å². The SMILES string of the molecule is CCNC(=NCC(C)C)N(C)Cc1ccc(OC)cc1OC. The van der Waals surface area contributed by atoms with Gasteiger partial charge in [-0.1, -0.05) is 13.8 Å². The zero-order valence-corrected chi connectivity index (χ0v) is 14.6. The smallest absolute Gasteiger partial charge is 0.193 e. The molecule has 124 valence electrons. The molecule has 0 heterocycles. The Morgan fingerprint density at radius 2 is 2.00 bits per heavy atom. The van der Waals surface area contributed by atoms with Gasteiger partial charge in [0.15, 0.2) is 5.96 Å². The maximum absolute atomic E-state index is 5.46. The molecule has 0 saturated carbocycles. The molecule has 0 aromatic heterocycles. The van der Waals surface area contributed by atoms with Gasteiger partial charge in [0.05, 0.1) is 14.2 Å². The third kappa shape index (κ3) is 5.47. The van der Waals surface area contributed by atoms with Gasteiger partial charge in [0.2, 0.25) is 0 Å². The Morgan fingerprint density at radius 3 is 2.55 bits per heavy atom. The second kappa shape index (κ2) is 9.18. The minimum absolute atomic E-state index is 0.539. The van der Waals surface area contributed by atoms with E-state index in [9.17, 15) is 0 Å². The average Bonchev–Trinajstić information content (AvgIpc) is 2.51. The van der Waals surface area contributed by atoms with E-state index in [1.807, 2.05) is 25.2 Å². The van der Waals surface area contributed by atoms with E-state index in [0.717, 1.165) is 42.7 Å². The number of hydrogen-bond acceptors (Lipinski definition) is 3. The summed E-state index contributed by atoms with van der Waals surface area (Å²) >= 11 is 0. The first kappa shape index (κ1) is 18.1. The van der Waals surface area contributed by atoms with Crippen LogP contribution in [0.2, 0.25) is 0 Å². The van der Waals surface area contributed by atoms with Crippen molar-refractivity contribution in [1.29, 1.82) is 0 Å². The third-order valence-corrected chi connectivity index (χ3v) is 3.20. The number of methoxy groups -OCH3 is 2. The summed E-state index contributed by atoms with van der Waals surface area (Å²) in [6.07, 6.45) is 0. The predicted molar refractivity (Wildman–Crippen MR) is 91.8 cm³/mol. The predicted octanol–water partition coefficient (Wildman–Crippen LogP) is 2.76. The van der Waals surface area contributed by atoms with Crippen LogP contribution in [0.25, 0.3) is 0 Å². The van der Waals surface area contributed by atoms with E-state index in [1.165, 1.54) is 0 Å².